The number of nitrogens with one attached hydrogen (secondary N) is 1. The first kappa shape index (κ1) is 18.4. The van der Waals surface area contributed by atoms with Gasteiger partial charge in [-0.1, -0.05) is 12.1 Å². The number of anilines is 3. The average molecular weight is 362 g/mol. The van der Waals surface area contributed by atoms with Crippen molar-refractivity contribution in [2.75, 3.05) is 23.9 Å². The number of ether oxygens (including phenoxy) is 1. The monoisotopic (exact) mass is 362 g/mol. The lowest BCUT2D eigenvalue weighted by Crippen LogP contribution is -2.31. The number of hydrogen-bond acceptors (Lipinski definition) is 5. The number of benzene rings is 2. The topological polar surface area (TPSA) is 67.4 Å². The van der Waals surface area contributed by atoms with Crippen LogP contribution in [0.2, 0.25) is 0 Å². The number of hydrogen-bond donors (Lipinski definition) is 1. The lowest BCUT2D eigenvalue weighted by atomic mass is 10.2. The Kier molecular flexibility index (Phi) is 5.66. The molecule has 3 aromatic rings. The Morgan fingerprint density at radius 2 is 1.89 bits per heavy atom. The van der Waals surface area contributed by atoms with Gasteiger partial charge in [0.2, 0.25) is 0 Å². The summed E-state index contributed by atoms with van der Waals surface area (Å²) < 4.78 is 5.14. The lowest BCUT2D eigenvalue weighted by molar-refractivity contribution is 0.0983. The molecule has 1 heterocycles. The summed E-state index contributed by atoms with van der Waals surface area (Å²) in [7, 11) is 1.62. The third-order valence-corrected chi connectivity index (χ3v) is 4.11. The van der Waals surface area contributed by atoms with E-state index in [1.165, 1.54) is 6.20 Å². The second-order valence-electron chi connectivity index (χ2n) is 6.03. The number of aromatic nitrogens is 2. The minimum Gasteiger partial charge on any atom is -0.497 e. The van der Waals surface area contributed by atoms with Gasteiger partial charge in [0, 0.05) is 17.9 Å². The molecule has 1 N–H and O–H groups in total. The van der Waals surface area contributed by atoms with Gasteiger partial charge in [-0.25, -0.2) is 9.97 Å². The Labute approximate surface area is 158 Å². The van der Waals surface area contributed by atoms with E-state index in [0.29, 0.717) is 18.1 Å². The molecule has 0 aliphatic heterocycles. The summed E-state index contributed by atoms with van der Waals surface area (Å²) >= 11 is 0. The highest BCUT2D eigenvalue weighted by Gasteiger charge is 2.18. The van der Waals surface area contributed by atoms with Crippen molar-refractivity contribution in [1.29, 1.82) is 0 Å². The molecule has 0 saturated carbocycles. The molecule has 2 aromatic carbocycles. The van der Waals surface area contributed by atoms with Crippen LogP contribution >= 0.6 is 0 Å². The van der Waals surface area contributed by atoms with E-state index in [1.807, 2.05) is 62.4 Å². The molecule has 0 bridgehead atoms. The number of nitrogens with zero attached hydrogens (tertiary/aromatic N) is 3. The third-order valence-electron chi connectivity index (χ3n) is 4.11. The molecule has 6 nitrogen and oxygen atoms in total. The number of carbonyl (C=O) groups is 1. The Hall–Kier alpha value is -3.41. The molecule has 0 radical (unpaired) electrons. The van der Waals surface area contributed by atoms with Crippen LogP contribution in [0.4, 0.5) is 17.2 Å². The fourth-order valence-electron chi connectivity index (χ4n) is 2.70. The maximum absolute atomic E-state index is 12.8. The van der Waals surface area contributed by atoms with E-state index < -0.39 is 0 Å². The van der Waals surface area contributed by atoms with Crippen LogP contribution in [0.1, 0.15) is 23.0 Å². The van der Waals surface area contributed by atoms with Gasteiger partial charge in [0.15, 0.2) is 0 Å². The van der Waals surface area contributed by atoms with E-state index in [-0.39, 0.29) is 5.91 Å². The first-order chi connectivity index (χ1) is 13.1. The third kappa shape index (κ3) is 4.41. The smallest absolute Gasteiger partial charge is 0.278 e. The fourth-order valence-corrected chi connectivity index (χ4v) is 2.70. The highest BCUT2D eigenvalue weighted by molar-refractivity contribution is 6.04. The van der Waals surface area contributed by atoms with E-state index in [2.05, 4.69) is 15.3 Å². The summed E-state index contributed by atoms with van der Waals surface area (Å²) in [4.78, 5) is 23.1. The highest BCUT2D eigenvalue weighted by Crippen LogP contribution is 2.20. The van der Waals surface area contributed by atoms with Gasteiger partial charge in [-0.3, -0.25) is 4.79 Å². The summed E-state index contributed by atoms with van der Waals surface area (Å²) in [6.45, 7) is 4.49. The molecule has 27 heavy (non-hydrogen) atoms. The molecule has 138 valence electrons. The van der Waals surface area contributed by atoms with Crippen molar-refractivity contribution < 1.29 is 9.53 Å². The molecule has 1 amide bonds. The van der Waals surface area contributed by atoms with Crippen molar-refractivity contribution in [2.24, 2.45) is 0 Å². The van der Waals surface area contributed by atoms with Crippen molar-refractivity contribution in [3.63, 3.8) is 0 Å². The molecule has 0 aliphatic rings. The normalized spacial score (nSPS) is 10.3. The minimum atomic E-state index is -0.174. The molecule has 1 aromatic heterocycles. The molecule has 0 unspecified atom stereocenters. The van der Waals surface area contributed by atoms with Crippen molar-refractivity contribution in [3.05, 3.63) is 72.2 Å². The number of methoxy groups -OCH3 is 1. The Bertz CT molecular complexity index is 908. The maximum Gasteiger partial charge on any atom is 0.278 e. The second-order valence-corrected chi connectivity index (χ2v) is 6.03. The molecular formula is C21H22N4O2. The van der Waals surface area contributed by atoms with Gasteiger partial charge in [-0.2, -0.15) is 0 Å². The van der Waals surface area contributed by atoms with Crippen LogP contribution in [0, 0.1) is 6.92 Å². The van der Waals surface area contributed by atoms with Crippen LogP contribution in [0.15, 0.2) is 60.9 Å². The van der Waals surface area contributed by atoms with Gasteiger partial charge in [-0.05, 0) is 55.8 Å². The largest absolute Gasteiger partial charge is 0.497 e. The first-order valence-electron chi connectivity index (χ1n) is 8.72. The molecular weight excluding hydrogens is 340 g/mol. The maximum atomic E-state index is 12.8. The van der Waals surface area contributed by atoms with E-state index in [9.17, 15) is 4.79 Å². The number of rotatable bonds is 6. The van der Waals surface area contributed by atoms with Crippen LogP contribution < -0.4 is 15.0 Å². The molecule has 0 atom stereocenters. The summed E-state index contributed by atoms with van der Waals surface area (Å²) in [6, 6.07) is 15.3. The van der Waals surface area contributed by atoms with Crippen molar-refractivity contribution >= 4 is 23.1 Å². The Morgan fingerprint density at radius 3 is 2.48 bits per heavy atom. The standard InChI is InChI=1S/C21H22N4O2/c1-4-25(17-7-5-6-15(2)12-17)21(26)19-13-23-20(14-22-19)24-16-8-10-18(27-3)11-9-16/h5-14H,4H2,1-3H3,(H,23,24). The van der Waals surface area contributed by atoms with E-state index in [4.69, 9.17) is 4.74 Å². The van der Waals surface area contributed by atoms with Gasteiger partial charge in [0.1, 0.15) is 17.3 Å². The van der Waals surface area contributed by atoms with Gasteiger partial charge >= 0.3 is 0 Å². The summed E-state index contributed by atoms with van der Waals surface area (Å²) in [6.07, 6.45) is 3.05. The lowest BCUT2D eigenvalue weighted by Gasteiger charge is -2.21. The predicted octanol–water partition coefficient (Wildman–Crippen LogP) is 4.20. The van der Waals surface area contributed by atoms with E-state index in [1.54, 1.807) is 18.2 Å². The van der Waals surface area contributed by atoms with Gasteiger partial charge < -0.3 is 15.0 Å². The Balaban J connectivity index is 1.74. The van der Waals surface area contributed by atoms with Crippen molar-refractivity contribution in [2.45, 2.75) is 13.8 Å². The van der Waals surface area contributed by atoms with Gasteiger partial charge in [0.25, 0.3) is 5.91 Å². The molecule has 6 heteroatoms. The minimum absolute atomic E-state index is 0.174. The summed E-state index contributed by atoms with van der Waals surface area (Å²) in [5.41, 5.74) is 3.12. The predicted molar refractivity (Wildman–Crippen MR) is 107 cm³/mol. The number of carbonyl (C=O) groups excluding carboxylic acids is 1. The van der Waals surface area contributed by atoms with Crippen LogP contribution in [-0.2, 0) is 0 Å². The number of aryl methyl sites for hydroxylation is 1. The second kappa shape index (κ2) is 8.31. The zero-order valence-corrected chi connectivity index (χ0v) is 15.6. The van der Waals surface area contributed by atoms with Crippen LogP contribution in [0.3, 0.4) is 0 Å². The molecule has 0 fully saturated rings. The van der Waals surface area contributed by atoms with Crippen molar-refractivity contribution in [1.82, 2.24) is 9.97 Å². The molecule has 3 rings (SSSR count). The zero-order valence-electron chi connectivity index (χ0n) is 15.6. The highest BCUT2D eigenvalue weighted by atomic mass is 16.5. The first-order valence-corrected chi connectivity index (χ1v) is 8.72. The van der Waals surface area contributed by atoms with E-state index >= 15 is 0 Å². The Morgan fingerprint density at radius 1 is 1.11 bits per heavy atom. The van der Waals surface area contributed by atoms with Crippen LogP contribution in [-0.4, -0.2) is 29.5 Å². The van der Waals surface area contributed by atoms with Crippen molar-refractivity contribution in [3.8, 4) is 5.75 Å². The van der Waals surface area contributed by atoms with Crippen LogP contribution in [0.25, 0.3) is 0 Å². The summed E-state index contributed by atoms with van der Waals surface area (Å²) in [5.74, 6) is 1.17. The summed E-state index contributed by atoms with van der Waals surface area (Å²) in [5, 5.41) is 3.15. The van der Waals surface area contributed by atoms with Gasteiger partial charge in [0.05, 0.1) is 19.5 Å². The van der Waals surface area contributed by atoms with Crippen LogP contribution in [0.5, 0.6) is 5.75 Å². The van der Waals surface area contributed by atoms with E-state index in [0.717, 1.165) is 22.7 Å². The number of amides is 1. The quantitative estimate of drug-likeness (QED) is 0.712. The van der Waals surface area contributed by atoms with Gasteiger partial charge in [-0.15, -0.1) is 0 Å². The molecule has 0 spiro atoms. The zero-order chi connectivity index (χ0) is 19.2. The average Bonchev–Trinajstić information content (AvgIpc) is 2.70. The SMILES string of the molecule is CCN(C(=O)c1cnc(Nc2ccc(OC)cc2)cn1)c1cccc(C)c1. The molecule has 0 saturated heterocycles. The molecule has 0 aliphatic carbocycles. The fraction of sp³-hybridized carbons (Fsp3) is 0.190.